The average molecular weight is 377 g/mol. The summed E-state index contributed by atoms with van der Waals surface area (Å²) in [5.41, 5.74) is 2.05. The van der Waals surface area contributed by atoms with Crippen LogP contribution in [0.25, 0.3) is 22.3 Å². The van der Waals surface area contributed by atoms with Crippen LogP contribution in [0, 0.1) is 0 Å². The fourth-order valence-electron chi connectivity index (χ4n) is 2.91. The number of nitrogens with zero attached hydrogens (tertiary/aromatic N) is 3. The van der Waals surface area contributed by atoms with E-state index in [1.54, 1.807) is 6.20 Å². The number of unbranched alkanes of at least 4 members (excludes halogenated alkanes) is 2. The zero-order valence-corrected chi connectivity index (χ0v) is 14.4. The van der Waals surface area contributed by atoms with Crippen molar-refractivity contribution < 1.29 is 23.1 Å². The largest absolute Gasteiger partial charge is 0.478 e. The molecule has 1 N–H and O–H groups in total. The van der Waals surface area contributed by atoms with Gasteiger partial charge in [-0.15, -0.1) is 0 Å². The molecule has 5 nitrogen and oxygen atoms in total. The first-order valence-corrected chi connectivity index (χ1v) is 8.55. The average Bonchev–Trinajstić information content (AvgIpc) is 3.03. The topological polar surface area (TPSA) is 68.0 Å². The Bertz CT molecular complexity index is 951. The summed E-state index contributed by atoms with van der Waals surface area (Å²) in [6, 6.07) is 6.61. The lowest BCUT2D eigenvalue weighted by Gasteiger charge is -2.08. The Balaban J connectivity index is 1.69. The van der Waals surface area contributed by atoms with Gasteiger partial charge in [0.15, 0.2) is 0 Å². The summed E-state index contributed by atoms with van der Waals surface area (Å²) >= 11 is 0. The first kappa shape index (κ1) is 18.9. The molecule has 0 aromatic carbocycles. The van der Waals surface area contributed by atoms with Gasteiger partial charge in [0.2, 0.25) is 0 Å². The summed E-state index contributed by atoms with van der Waals surface area (Å²) in [5.74, 6) is -1.03. The smallest absolute Gasteiger partial charge is 0.389 e. The summed E-state index contributed by atoms with van der Waals surface area (Å²) in [5, 5.41) is 10.00. The van der Waals surface area contributed by atoms with Crippen molar-refractivity contribution in [2.45, 2.75) is 38.4 Å². The number of alkyl halides is 3. The maximum atomic E-state index is 12.2. The Morgan fingerprint density at radius 2 is 1.85 bits per heavy atom. The molecular formula is C19H18F3N3O2. The third kappa shape index (κ3) is 4.84. The highest BCUT2D eigenvalue weighted by atomic mass is 19.4. The van der Waals surface area contributed by atoms with E-state index >= 15 is 0 Å². The summed E-state index contributed by atoms with van der Waals surface area (Å²) in [6.07, 6.45) is 1.45. The van der Waals surface area contributed by atoms with Gasteiger partial charge in [-0.1, -0.05) is 6.42 Å². The Morgan fingerprint density at radius 1 is 1.07 bits per heavy atom. The molecule has 0 fully saturated rings. The number of rotatable bonds is 7. The minimum absolute atomic E-state index is 0.136. The lowest BCUT2D eigenvalue weighted by Crippen LogP contribution is -2.06. The van der Waals surface area contributed by atoms with Gasteiger partial charge in [0.05, 0.1) is 28.7 Å². The van der Waals surface area contributed by atoms with Crippen molar-refractivity contribution in [3.8, 4) is 11.4 Å². The number of hydrogen-bond donors (Lipinski definition) is 1. The van der Waals surface area contributed by atoms with Gasteiger partial charge in [-0.3, -0.25) is 9.97 Å². The molecule has 0 spiro atoms. The van der Waals surface area contributed by atoms with Crippen LogP contribution in [-0.4, -0.2) is 31.8 Å². The number of halogens is 3. The van der Waals surface area contributed by atoms with Crippen molar-refractivity contribution in [1.82, 2.24) is 14.5 Å². The van der Waals surface area contributed by atoms with Gasteiger partial charge in [-0.2, -0.15) is 13.2 Å². The number of aromatic nitrogens is 3. The van der Waals surface area contributed by atoms with Gasteiger partial charge in [-0.25, -0.2) is 4.79 Å². The van der Waals surface area contributed by atoms with Crippen LogP contribution in [0.15, 0.2) is 42.9 Å². The number of carboxylic acid groups (broad SMARTS) is 1. The van der Waals surface area contributed by atoms with Crippen LogP contribution in [0.3, 0.4) is 0 Å². The molecule has 0 aliphatic carbocycles. The highest BCUT2D eigenvalue weighted by molar-refractivity contribution is 5.89. The van der Waals surface area contributed by atoms with E-state index in [0.29, 0.717) is 30.8 Å². The maximum absolute atomic E-state index is 12.2. The van der Waals surface area contributed by atoms with E-state index in [-0.39, 0.29) is 12.0 Å². The third-order valence-corrected chi connectivity index (χ3v) is 4.29. The minimum atomic E-state index is -4.09. The molecule has 0 atom stereocenters. The molecule has 27 heavy (non-hydrogen) atoms. The Labute approximate surface area is 153 Å². The van der Waals surface area contributed by atoms with Gasteiger partial charge in [0, 0.05) is 30.7 Å². The molecule has 0 aliphatic heterocycles. The van der Waals surface area contributed by atoms with E-state index < -0.39 is 18.6 Å². The second-order valence-corrected chi connectivity index (χ2v) is 6.30. The number of hydrogen-bond acceptors (Lipinski definition) is 3. The molecule has 0 bridgehead atoms. The van der Waals surface area contributed by atoms with Crippen LogP contribution in [-0.2, 0) is 6.54 Å². The fourth-order valence-corrected chi connectivity index (χ4v) is 2.91. The van der Waals surface area contributed by atoms with Crippen molar-refractivity contribution >= 4 is 16.9 Å². The van der Waals surface area contributed by atoms with Crippen LogP contribution in [0.5, 0.6) is 0 Å². The van der Waals surface area contributed by atoms with E-state index in [1.165, 1.54) is 18.3 Å². The lowest BCUT2D eigenvalue weighted by atomic mass is 10.1. The quantitative estimate of drug-likeness (QED) is 0.594. The highest BCUT2D eigenvalue weighted by Gasteiger charge is 2.25. The summed E-state index contributed by atoms with van der Waals surface area (Å²) in [7, 11) is 0. The number of fused-ring (bicyclic) bond motifs is 1. The van der Waals surface area contributed by atoms with E-state index in [2.05, 4.69) is 9.97 Å². The summed E-state index contributed by atoms with van der Waals surface area (Å²) in [6.45, 7) is 0.620. The van der Waals surface area contributed by atoms with E-state index in [1.807, 2.05) is 22.9 Å². The summed E-state index contributed by atoms with van der Waals surface area (Å²) in [4.78, 5) is 19.6. The molecule has 8 heteroatoms. The van der Waals surface area contributed by atoms with Gasteiger partial charge >= 0.3 is 12.1 Å². The van der Waals surface area contributed by atoms with Gasteiger partial charge in [0.25, 0.3) is 0 Å². The number of carbonyl (C=O) groups is 1. The monoisotopic (exact) mass is 377 g/mol. The van der Waals surface area contributed by atoms with Crippen LogP contribution in [0.2, 0.25) is 0 Å². The molecule has 3 aromatic heterocycles. The third-order valence-electron chi connectivity index (χ3n) is 4.29. The molecule has 0 saturated carbocycles. The normalized spacial score (nSPS) is 11.8. The zero-order chi connectivity index (χ0) is 19.4. The van der Waals surface area contributed by atoms with Crippen molar-refractivity contribution in [2.75, 3.05) is 0 Å². The Morgan fingerprint density at radius 3 is 2.59 bits per heavy atom. The first-order valence-electron chi connectivity index (χ1n) is 8.55. The number of carboxylic acids is 1. The Kier molecular flexibility index (Phi) is 5.43. The molecule has 142 valence electrons. The molecule has 0 aliphatic rings. The highest BCUT2D eigenvalue weighted by Crippen LogP contribution is 2.24. The van der Waals surface area contributed by atoms with E-state index in [0.717, 1.165) is 10.9 Å². The molecule has 0 radical (unpaired) electrons. The van der Waals surface area contributed by atoms with Crippen molar-refractivity contribution in [2.24, 2.45) is 0 Å². The lowest BCUT2D eigenvalue weighted by molar-refractivity contribution is -0.135. The number of aromatic carboxylic acids is 1. The minimum Gasteiger partial charge on any atom is -0.478 e. The maximum Gasteiger partial charge on any atom is 0.389 e. The SMILES string of the molecule is O=C(O)c1ccnc(-c2cc3ccn(CCCCCC(F)(F)F)c3cn2)c1. The molecule has 0 unspecified atom stereocenters. The number of pyridine rings is 2. The Hall–Kier alpha value is -2.90. The zero-order valence-electron chi connectivity index (χ0n) is 14.4. The molecule has 3 rings (SSSR count). The van der Waals surface area contributed by atoms with Crippen molar-refractivity contribution in [3.05, 3.63) is 48.4 Å². The molecule has 0 saturated heterocycles. The van der Waals surface area contributed by atoms with E-state index in [4.69, 9.17) is 5.11 Å². The molecule has 3 aromatic rings. The number of aryl methyl sites for hydroxylation is 1. The molecule has 3 heterocycles. The van der Waals surface area contributed by atoms with Crippen molar-refractivity contribution in [1.29, 1.82) is 0 Å². The van der Waals surface area contributed by atoms with Gasteiger partial charge in [0.1, 0.15) is 0 Å². The van der Waals surface area contributed by atoms with Crippen molar-refractivity contribution in [3.63, 3.8) is 0 Å². The standard InChI is InChI=1S/C19H18F3N3O2/c20-19(21,22)6-2-1-3-8-25-9-5-13-10-16(24-12-17(13)25)15-11-14(18(26)27)4-7-23-15/h4-5,7,9-12H,1-3,6,8H2,(H,26,27). The van der Waals surface area contributed by atoms with Crippen LogP contribution in [0.1, 0.15) is 36.0 Å². The fraction of sp³-hybridized carbons (Fsp3) is 0.316. The first-order chi connectivity index (χ1) is 12.8. The predicted molar refractivity (Wildman–Crippen MR) is 94.4 cm³/mol. The van der Waals surface area contributed by atoms with Crippen LogP contribution < -0.4 is 0 Å². The second kappa shape index (κ2) is 7.77. The van der Waals surface area contributed by atoms with Gasteiger partial charge in [-0.05, 0) is 37.1 Å². The van der Waals surface area contributed by atoms with Gasteiger partial charge < -0.3 is 9.67 Å². The summed E-state index contributed by atoms with van der Waals surface area (Å²) < 4.78 is 38.4. The second-order valence-electron chi connectivity index (χ2n) is 6.30. The van der Waals surface area contributed by atoms with Crippen LogP contribution in [0.4, 0.5) is 13.2 Å². The van der Waals surface area contributed by atoms with Crippen LogP contribution >= 0.6 is 0 Å². The van der Waals surface area contributed by atoms with E-state index in [9.17, 15) is 18.0 Å². The molecule has 0 amide bonds. The predicted octanol–water partition coefficient (Wildman–Crippen LogP) is 4.92. The molecular weight excluding hydrogens is 359 g/mol.